The number of carbonyl (C=O) groups is 1. The zero-order valence-electron chi connectivity index (χ0n) is 9.11. The number of hydrogen-bond donors (Lipinski definition) is 3. The van der Waals surface area contributed by atoms with Crippen LogP contribution in [0, 0.1) is 5.82 Å². The zero-order chi connectivity index (χ0) is 13.1. The average Bonchev–Trinajstić information content (AvgIpc) is 2.32. The van der Waals surface area contributed by atoms with Gasteiger partial charge in [0.15, 0.2) is 5.69 Å². The number of nitrogens with one attached hydrogen (secondary N) is 2. The first kappa shape index (κ1) is 11.8. The number of halogens is 1. The number of hydrogen-bond acceptors (Lipinski definition) is 4. The Balaban J connectivity index is 2.22. The van der Waals surface area contributed by atoms with E-state index < -0.39 is 17.3 Å². The number of amides is 1. The minimum Gasteiger partial charge on any atom is -0.383 e. The summed E-state index contributed by atoms with van der Waals surface area (Å²) in [5.41, 5.74) is 5.27. The molecule has 0 fully saturated rings. The van der Waals surface area contributed by atoms with Crippen LogP contribution in [-0.4, -0.2) is 15.9 Å². The second kappa shape index (κ2) is 4.66. The third-order valence-electron chi connectivity index (χ3n) is 2.14. The lowest BCUT2D eigenvalue weighted by Crippen LogP contribution is -2.20. The molecular weight excluding hydrogens is 239 g/mol. The van der Waals surface area contributed by atoms with E-state index in [1.807, 2.05) is 0 Å². The molecular formula is C11H9FN4O2. The van der Waals surface area contributed by atoms with E-state index in [4.69, 9.17) is 5.73 Å². The Bertz CT molecular complexity index is 636. The van der Waals surface area contributed by atoms with Crippen LogP contribution >= 0.6 is 0 Å². The molecule has 0 radical (unpaired) electrons. The molecule has 1 heterocycles. The van der Waals surface area contributed by atoms with Crippen LogP contribution in [0.15, 0.2) is 35.3 Å². The molecule has 1 aromatic heterocycles. The van der Waals surface area contributed by atoms with Crippen molar-refractivity contribution in [3.8, 4) is 0 Å². The number of nitrogen functional groups attached to an aromatic ring is 1. The third-order valence-corrected chi connectivity index (χ3v) is 2.14. The summed E-state index contributed by atoms with van der Waals surface area (Å²) in [6.45, 7) is 0. The first-order valence-corrected chi connectivity index (χ1v) is 4.98. The lowest BCUT2D eigenvalue weighted by molar-refractivity contribution is 0.102. The number of aromatic amines is 1. The summed E-state index contributed by atoms with van der Waals surface area (Å²) in [5.74, 6) is -1.12. The molecule has 0 saturated carbocycles. The fraction of sp³-hybridized carbons (Fsp3) is 0. The highest BCUT2D eigenvalue weighted by atomic mass is 19.1. The quantitative estimate of drug-likeness (QED) is 0.729. The fourth-order valence-corrected chi connectivity index (χ4v) is 1.32. The average molecular weight is 248 g/mol. The van der Waals surface area contributed by atoms with Crippen molar-refractivity contribution in [3.63, 3.8) is 0 Å². The van der Waals surface area contributed by atoms with Crippen LogP contribution in [-0.2, 0) is 0 Å². The molecule has 1 aromatic carbocycles. The molecule has 0 aliphatic rings. The molecule has 0 spiro atoms. The van der Waals surface area contributed by atoms with Gasteiger partial charge in [0.2, 0.25) is 0 Å². The standard InChI is InChI=1S/C11H9FN4O2/c12-6-1-3-7(4-2-6)15-11(18)9-10(13)16-8(17)5-14-9/h1-5H,(H,15,18)(H3,13,16,17). The van der Waals surface area contributed by atoms with Crippen molar-refractivity contribution >= 4 is 17.4 Å². The molecule has 92 valence electrons. The maximum Gasteiger partial charge on any atom is 0.278 e. The summed E-state index contributed by atoms with van der Waals surface area (Å²) in [6, 6.07) is 5.21. The van der Waals surface area contributed by atoms with Gasteiger partial charge in [0.25, 0.3) is 11.5 Å². The lowest BCUT2D eigenvalue weighted by atomic mass is 10.3. The summed E-state index contributed by atoms with van der Waals surface area (Å²) < 4.78 is 12.7. The number of anilines is 2. The number of H-pyrrole nitrogens is 1. The van der Waals surface area contributed by atoms with Crippen molar-refractivity contribution in [1.29, 1.82) is 0 Å². The van der Waals surface area contributed by atoms with Crippen LogP contribution in [0.1, 0.15) is 10.5 Å². The summed E-state index contributed by atoms with van der Waals surface area (Å²) in [7, 11) is 0. The molecule has 7 heteroatoms. The van der Waals surface area contributed by atoms with E-state index in [2.05, 4.69) is 15.3 Å². The predicted molar refractivity (Wildman–Crippen MR) is 63.6 cm³/mol. The Morgan fingerprint density at radius 3 is 2.61 bits per heavy atom. The highest BCUT2D eigenvalue weighted by Gasteiger charge is 2.12. The van der Waals surface area contributed by atoms with Crippen molar-refractivity contribution in [2.24, 2.45) is 0 Å². The van der Waals surface area contributed by atoms with Crippen LogP contribution in [0.5, 0.6) is 0 Å². The maximum absolute atomic E-state index is 12.7. The molecule has 0 atom stereocenters. The monoisotopic (exact) mass is 248 g/mol. The van der Waals surface area contributed by atoms with Crippen molar-refractivity contribution in [3.05, 3.63) is 52.3 Å². The highest BCUT2D eigenvalue weighted by molar-refractivity contribution is 6.05. The molecule has 4 N–H and O–H groups in total. The van der Waals surface area contributed by atoms with Crippen molar-refractivity contribution < 1.29 is 9.18 Å². The van der Waals surface area contributed by atoms with Gasteiger partial charge in [-0.05, 0) is 24.3 Å². The minimum absolute atomic E-state index is 0.0982. The smallest absolute Gasteiger partial charge is 0.278 e. The Morgan fingerprint density at radius 2 is 2.00 bits per heavy atom. The molecule has 0 aliphatic heterocycles. The summed E-state index contributed by atoms with van der Waals surface area (Å²) in [6.07, 6.45) is 0.954. The molecule has 2 rings (SSSR count). The van der Waals surface area contributed by atoms with Crippen LogP contribution in [0.25, 0.3) is 0 Å². The molecule has 0 bridgehead atoms. The lowest BCUT2D eigenvalue weighted by Gasteiger charge is -2.05. The van der Waals surface area contributed by atoms with Gasteiger partial charge in [-0.2, -0.15) is 0 Å². The van der Waals surface area contributed by atoms with E-state index >= 15 is 0 Å². The third kappa shape index (κ3) is 2.51. The van der Waals surface area contributed by atoms with Gasteiger partial charge >= 0.3 is 0 Å². The first-order valence-electron chi connectivity index (χ1n) is 4.98. The van der Waals surface area contributed by atoms with E-state index in [0.29, 0.717) is 5.69 Å². The minimum atomic E-state index is -0.588. The van der Waals surface area contributed by atoms with Gasteiger partial charge in [-0.1, -0.05) is 0 Å². The van der Waals surface area contributed by atoms with Crippen molar-refractivity contribution in [2.45, 2.75) is 0 Å². The molecule has 1 amide bonds. The molecule has 0 aliphatic carbocycles. The van der Waals surface area contributed by atoms with Crippen molar-refractivity contribution in [1.82, 2.24) is 9.97 Å². The Labute approximate surface area is 101 Å². The van der Waals surface area contributed by atoms with E-state index in [-0.39, 0.29) is 11.5 Å². The number of aromatic nitrogens is 2. The van der Waals surface area contributed by atoms with Gasteiger partial charge in [0.1, 0.15) is 11.6 Å². The van der Waals surface area contributed by atoms with Gasteiger partial charge < -0.3 is 16.0 Å². The topological polar surface area (TPSA) is 101 Å². The number of benzene rings is 1. The van der Waals surface area contributed by atoms with Gasteiger partial charge in [-0.25, -0.2) is 9.37 Å². The number of carbonyl (C=O) groups excluding carboxylic acids is 1. The van der Waals surface area contributed by atoms with Crippen LogP contribution in [0.3, 0.4) is 0 Å². The van der Waals surface area contributed by atoms with E-state index in [1.165, 1.54) is 24.3 Å². The molecule has 6 nitrogen and oxygen atoms in total. The molecule has 0 saturated heterocycles. The number of rotatable bonds is 2. The van der Waals surface area contributed by atoms with Crippen LogP contribution in [0.2, 0.25) is 0 Å². The Kier molecular flexibility index (Phi) is 3.05. The van der Waals surface area contributed by atoms with E-state index in [0.717, 1.165) is 6.20 Å². The highest BCUT2D eigenvalue weighted by Crippen LogP contribution is 2.10. The van der Waals surface area contributed by atoms with Crippen LogP contribution in [0.4, 0.5) is 15.9 Å². The largest absolute Gasteiger partial charge is 0.383 e. The van der Waals surface area contributed by atoms with E-state index in [9.17, 15) is 14.0 Å². The normalized spacial score (nSPS) is 10.1. The van der Waals surface area contributed by atoms with Gasteiger partial charge in [0, 0.05) is 5.69 Å². The zero-order valence-corrected chi connectivity index (χ0v) is 9.11. The number of nitrogens with zero attached hydrogens (tertiary/aromatic N) is 1. The summed E-state index contributed by atoms with van der Waals surface area (Å²) in [4.78, 5) is 28.5. The molecule has 2 aromatic rings. The summed E-state index contributed by atoms with van der Waals surface area (Å²) in [5, 5.41) is 2.48. The van der Waals surface area contributed by atoms with E-state index in [1.54, 1.807) is 0 Å². The second-order valence-corrected chi connectivity index (χ2v) is 3.47. The van der Waals surface area contributed by atoms with Crippen molar-refractivity contribution in [2.75, 3.05) is 11.1 Å². The predicted octanol–water partition coefficient (Wildman–Crippen LogP) is 0.743. The SMILES string of the molecule is Nc1[nH]c(=O)cnc1C(=O)Nc1ccc(F)cc1. The van der Waals surface area contributed by atoms with Gasteiger partial charge in [-0.15, -0.1) is 0 Å². The first-order chi connectivity index (χ1) is 8.56. The van der Waals surface area contributed by atoms with Gasteiger partial charge in [-0.3, -0.25) is 9.59 Å². The fourth-order valence-electron chi connectivity index (χ4n) is 1.32. The molecule has 18 heavy (non-hydrogen) atoms. The van der Waals surface area contributed by atoms with Crippen LogP contribution < -0.4 is 16.6 Å². The Morgan fingerprint density at radius 1 is 1.33 bits per heavy atom. The number of nitrogens with two attached hydrogens (primary N) is 1. The summed E-state index contributed by atoms with van der Waals surface area (Å²) >= 11 is 0. The molecule has 0 unspecified atom stereocenters. The van der Waals surface area contributed by atoms with Gasteiger partial charge in [0.05, 0.1) is 6.20 Å². The maximum atomic E-state index is 12.7. The Hall–Kier alpha value is -2.70. The second-order valence-electron chi connectivity index (χ2n) is 3.47.